The van der Waals surface area contributed by atoms with Gasteiger partial charge in [0.05, 0.1) is 11.2 Å². The Morgan fingerprint density at radius 2 is 1.74 bits per heavy atom. The molecule has 0 radical (unpaired) electrons. The van der Waals surface area contributed by atoms with Gasteiger partial charge in [-0.25, -0.2) is 4.98 Å². The molecular formula is C18H10N4O. The van der Waals surface area contributed by atoms with Gasteiger partial charge in [-0.15, -0.1) is 0 Å². The number of carbonyl (C=O) groups excluding carboxylic acids is 1. The second kappa shape index (κ2) is 4.10. The number of carbonyl (C=O) groups is 1. The van der Waals surface area contributed by atoms with Crippen LogP contribution in [0.4, 0.5) is 5.69 Å². The predicted molar refractivity (Wildman–Crippen MR) is 88.1 cm³/mol. The van der Waals surface area contributed by atoms with E-state index in [-0.39, 0.29) is 5.78 Å². The molecule has 0 atom stereocenters. The van der Waals surface area contributed by atoms with Crippen LogP contribution in [0.3, 0.4) is 0 Å². The van der Waals surface area contributed by atoms with Crippen LogP contribution in [0, 0.1) is 0 Å². The third-order valence-electron chi connectivity index (χ3n) is 4.22. The molecule has 5 heteroatoms. The van der Waals surface area contributed by atoms with E-state index in [4.69, 9.17) is 5.73 Å². The number of nitrogens with zero attached hydrogens (tertiary/aromatic N) is 3. The van der Waals surface area contributed by atoms with E-state index in [0.29, 0.717) is 17.1 Å². The number of pyridine rings is 3. The number of nitrogen functional groups attached to an aromatic ring is 1. The fourth-order valence-electron chi connectivity index (χ4n) is 3.23. The molecule has 1 aromatic carbocycles. The van der Waals surface area contributed by atoms with Crippen LogP contribution in [0.2, 0.25) is 0 Å². The van der Waals surface area contributed by atoms with Crippen LogP contribution in [-0.2, 0) is 0 Å². The van der Waals surface area contributed by atoms with Crippen molar-refractivity contribution < 1.29 is 4.79 Å². The number of nitrogens with two attached hydrogens (primary N) is 1. The average Bonchev–Trinajstić information content (AvgIpc) is 2.59. The van der Waals surface area contributed by atoms with Gasteiger partial charge in [-0.05, 0) is 41.8 Å². The molecule has 3 heterocycles. The number of benzene rings is 1. The van der Waals surface area contributed by atoms with Gasteiger partial charge in [0.2, 0.25) is 5.78 Å². The molecule has 0 amide bonds. The highest BCUT2D eigenvalue weighted by Gasteiger charge is 2.29. The zero-order valence-corrected chi connectivity index (χ0v) is 11.9. The highest BCUT2D eigenvalue weighted by Crippen LogP contribution is 2.38. The van der Waals surface area contributed by atoms with E-state index in [9.17, 15) is 4.79 Å². The molecule has 0 unspecified atom stereocenters. The highest BCUT2D eigenvalue weighted by molar-refractivity contribution is 6.26. The van der Waals surface area contributed by atoms with Crippen LogP contribution >= 0.6 is 0 Å². The van der Waals surface area contributed by atoms with Crippen molar-refractivity contribution in [1.29, 1.82) is 0 Å². The summed E-state index contributed by atoms with van der Waals surface area (Å²) >= 11 is 0. The molecule has 0 spiro atoms. The van der Waals surface area contributed by atoms with E-state index >= 15 is 0 Å². The molecule has 23 heavy (non-hydrogen) atoms. The molecule has 1 aliphatic carbocycles. The minimum absolute atomic E-state index is 0.162. The number of hydrogen-bond acceptors (Lipinski definition) is 5. The first-order valence-corrected chi connectivity index (χ1v) is 7.22. The summed E-state index contributed by atoms with van der Waals surface area (Å²) in [6.45, 7) is 0. The Kier molecular flexibility index (Phi) is 2.18. The molecular weight excluding hydrogens is 288 g/mol. The Morgan fingerprint density at radius 1 is 0.870 bits per heavy atom. The zero-order chi connectivity index (χ0) is 15.6. The molecule has 0 aliphatic heterocycles. The standard InChI is InChI=1S/C18H10N4O/c19-9-3-4-13-12(8-9)10-5-7-21-15-11-2-1-6-20-16(11)18(23)17(22-13)14(10)15/h1-8H,19H2. The van der Waals surface area contributed by atoms with Gasteiger partial charge in [0.25, 0.3) is 0 Å². The van der Waals surface area contributed by atoms with Gasteiger partial charge >= 0.3 is 0 Å². The first-order chi connectivity index (χ1) is 11.2. The average molecular weight is 298 g/mol. The minimum atomic E-state index is -0.162. The summed E-state index contributed by atoms with van der Waals surface area (Å²) in [5, 5.41) is 2.63. The SMILES string of the molecule is Nc1ccc2nc3c4c(nccc4c2c1)-c1cccnc1C3=O. The van der Waals surface area contributed by atoms with Crippen molar-refractivity contribution in [3.8, 4) is 11.3 Å². The van der Waals surface area contributed by atoms with Crippen LogP contribution in [0.5, 0.6) is 0 Å². The molecule has 1 aliphatic rings. The molecule has 0 fully saturated rings. The van der Waals surface area contributed by atoms with Crippen LogP contribution in [0.1, 0.15) is 16.2 Å². The van der Waals surface area contributed by atoms with E-state index in [1.54, 1.807) is 18.5 Å². The summed E-state index contributed by atoms with van der Waals surface area (Å²) in [5.41, 5.74) is 9.64. The number of fused-ring (bicyclic) bond motifs is 4. The quantitative estimate of drug-likeness (QED) is 0.351. The largest absolute Gasteiger partial charge is 0.399 e. The lowest BCUT2D eigenvalue weighted by Crippen LogP contribution is -2.14. The maximum atomic E-state index is 12.8. The topological polar surface area (TPSA) is 81.8 Å². The number of anilines is 1. The van der Waals surface area contributed by atoms with Gasteiger partial charge in [0.1, 0.15) is 11.4 Å². The molecule has 5 rings (SSSR count). The molecule has 108 valence electrons. The van der Waals surface area contributed by atoms with Gasteiger partial charge < -0.3 is 5.73 Å². The lowest BCUT2D eigenvalue weighted by atomic mass is 9.90. The highest BCUT2D eigenvalue weighted by atomic mass is 16.1. The van der Waals surface area contributed by atoms with E-state index in [0.717, 1.165) is 32.9 Å². The van der Waals surface area contributed by atoms with Crippen molar-refractivity contribution in [2.24, 2.45) is 0 Å². The van der Waals surface area contributed by atoms with Crippen molar-refractivity contribution in [2.75, 3.05) is 5.73 Å². The minimum Gasteiger partial charge on any atom is -0.399 e. The number of hydrogen-bond donors (Lipinski definition) is 1. The van der Waals surface area contributed by atoms with Crippen molar-refractivity contribution in [3.63, 3.8) is 0 Å². The Bertz CT molecular complexity index is 1150. The molecule has 2 N–H and O–H groups in total. The number of rotatable bonds is 0. The zero-order valence-electron chi connectivity index (χ0n) is 11.9. The normalized spacial score (nSPS) is 12.6. The predicted octanol–water partition coefficient (Wildman–Crippen LogP) is 2.97. The monoisotopic (exact) mass is 298 g/mol. The van der Waals surface area contributed by atoms with Crippen molar-refractivity contribution in [3.05, 3.63) is 60.2 Å². The Balaban J connectivity index is 2.07. The second-order valence-corrected chi connectivity index (χ2v) is 5.55. The Hall–Kier alpha value is -3.34. The molecule has 4 aromatic rings. The maximum absolute atomic E-state index is 12.8. The molecule has 0 saturated carbocycles. The lowest BCUT2D eigenvalue weighted by Gasteiger charge is -2.18. The smallest absolute Gasteiger partial charge is 0.231 e. The van der Waals surface area contributed by atoms with Crippen LogP contribution in [0.15, 0.2) is 48.8 Å². The van der Waals surface area contributed by atoms with Gasteiger partial charge in [0, 0.05) is 34.4 Å². The summed E-state index contributed by atoms with van der Waals surface area (Å²) in [6.07, 6.45) is 3.36. The lowest BCUT2D eigenvalue weighted by molar-refractivity contribution is 0.103. The molecule has 3 aromatic heterocycles. The van der Waals surface area contributed by atoms with Crippen molar-refractivity contribution in [1.82, 2.24) is 15.0 Å². The van der Waals surface area contributed by atoms with Gasteiger partial charge in [-0.2, -0.15) is 0 Å². The summed E-state index contributed by atoms with van der Waals surface area (Å²) in [6, 6.07) is 11.1. The fourth-order valence-corrected chi connectivity index (χ4v) is 3.23. The van der Waals surface area contributed by atoms with E-state index in [1.807, 2.05) is 30.3 Å². The van der Waals surface area contributed by atoms with Crippen LogP contribution in [-0.4, -0.2) is 20.7 Å². The van der Waals surface area contributed by atoms with E-state index in [1.165, 1.54) is 0 Å². The van der Waals surface area contributed by atoms with E-state index < -0.39 is 0 Å². The third-order valence-corrected chi connectivity index (χ3v) is 4.22. The number of aromatic nitrogens is 3. The summed E-state index contributed by atoms with van der Waals surface area (Å²) < 4.78 is 0. The Labute approximate surface area is 130 Å². The van der Waals surface area contributed by atoms with E-state index in [2.05, 4.69) is 15.0 Å². The molecule has 5 nitrogen and oxygen atoms in total. The van der Waals surface area contributed by atoms with Gasteiger partial charge in [-0.1, -0.05) is 0 Å². The summed E-state index contributed by atoms with van der Waals surface area (Å²) in [4.78, 5) is 26.1. The third kappa shape index (κ3) is 1.51. The maximum Gasteiger partial charge on any atom is 0.231 e. The van der Waals surface area contributed by atoms with Gasteiger partial charge in [0.15, 0.2) is 0 Å². The fraction of sp³-hybridized carbons (Fsp3) is 0. The number of ketones is 1. The molecule has 0 bridgehead atoms. The van der Waals surface area contributed by atoms with Crippen LogP contribution in [0.25, 0.3) is 32.9 Å². The van der Waals surface area contributed by atoms with Crippen LogP contribution < -0.4 is 5.73 Å². The second-order valence-electron chi connectivity index (χ2n) is 5.55. The summed E-state index contributed by atoms with van der Waals surface area (Å²) in [7, 11) is 0. The first-order valence-electron chi connectivity index (χ1n) is 7.22. The summed E-state index contributed by atoms with van der Waals surface area (Å²) in [5.74, 6) is -0.162. The van der Waals surface area contributed by atoms with Gasteiger partial charge in [-0.3, -0.25) is 14.8 Å². The Morgan fingerprint density at radius 3 is 2.65 bits per heavy atom. The molecule has 0 saturated heterocycles. The van der Waals surface area contributed by atoms with Crippen molar-refractivity contribution in [2.45, 2.75) is 0 Å². The first kappa shape index (κ1) is 12.2. The van der Waals surface area contributed by atoms with Crippen molar-refractivity contribution >= 4 is 33.1 Å².